The lowest BCUT2D eigenvalue weighted by Gasteiger charge is -2.28. The third-order valence-corrected chi connectivity index (χ3v) is 2.82. The summed E-state index contributed by atoms with van der Waals surface area (Å²) in [6.45, 7) is 2.08. The summed E-state index contributed by atoms with van der Waals surface area (Å²) < 4.78 is 7.08. The van der Waals surface area contributed by atoms with E-state index in [9.17, 15) is 4.79 Å². The molecule has 0 spiro atoms. The molecule has 0 aliphatic carbocycles. The molecule has 0 bridgehead atoms. The second kappa shape index (κ2) is 5.13. The Bertz CT molecular complexity index is 447. The van der Waals surface area contributed by atoms with Crippen LogP contribution in [0.25, 0.3) is 0 Å². The van der Waals surface area contributed by atoms with Crippen LogP contribution in [0.2, 0.25) is 0 Å². The van der Waals surface area contributed by atoms with Crippen LogP contribution in [-0.2, 0) is 11.8 Å². The van der Waals surface area contributed by atoms with Gasteiger partial charge in [-0.3, -0.25) is 9.69 Å². The molecule has 17 heavy (non-hydrogen) atoms. The molecule has 1 atom stereocenters. The van der Waals surface area contributed by atoms with Gasteiger partial charge in [-0.05, 0) is 6.07 Å². The maximum atomic E-state index is 11.9. The van der Waals surface area contributed by atoms with Gasteiger partial charge in [0.1, 0.15) is 0 Å². The highest BCUT2D eigenvalue weighted by molar-refractivity contribution is 5.97. The van der Waals surface area contributed by atoms with Crippen molar-refractivity contribution in [2.75, 3.05) is 26.2 Å². The molecule has 1 aliphatic rings. The summed E-state index contributed by atoms with van der Waals surface area (Å²) in [4.78, 5) is 13.9. The number of morpholine rings is 1. The van der Waals surface area contributed by atoms with Gasteiger partial charge in [-0.2, -0.15) is 5.26 Å². The third-order valence-electron chi connectivity index (χ3n) is 2.82. The molecular formula is C12H15N3O2. The molecule has 0 N–H and O–H groups in total. The topological polar surface area (TPSA) is 58.3 Å². The Balaban J connectivity index is 1.93. The number of aromatic nitrogens is 1. The van der Waals surface area contributed by atoms with Crippen LogP contribution >= 0.6 is 0 Å². The SMILES string of the molecule is Cn1ccc(C(=O)CN2CCOC(C#N)C2)c1. The molecule has 5 heteroatoms. The average Bonchev–Trinajstić information content (AvgIpc) is 2.76. The van der Waals surface area contributed by atoms with E-state index >= 15 is 0 Å². The zero-order chi connectivity index (χ0) is 12.3. The molecule has 0 radical (unpaired) electrons. The summed E-state index contributed by atoms with van der Waals surface area (Å²) in [6.07, 6.45) is 3.25. The van der Waals surface area contributed by atoms with E-state index in [1.54, 1.807) is 0 Å². The number of ether oxygens (including phenoxy) is 1. The maximum absolute atomic E-state index is 11.9. The lowest BCUT2D eigenvalue weighted by molar-refractivity contribution is 0.00241. The number of ketones is 1. The van der Waals surface area contributed by atoms with Gasteiger partial charge in [0.05, 0.1) is 19.2 Å². The Labute approximate surface area is 100 Å². The van der Waals surface area contributed by atoms with Crippen molar-refractivity contribution in [2.24, 2.45) is 7.05 Å². The lowest BCUT2D eigenvalue weighted by Crippen LogP contribution is -2.44. The van der Waals surface area contributed by atoms with Gasteiger partial charge in [0.15, 0.2) is 11.9 Å². The normalized spacial score (nSPS) is 21.1. The molecule has 1 saturated heterocycles. The van der Waals surface area contributed by atoms with Gasteiger partial charge >= 0.3 is 0 Å². The number of rotatable bonds is 3. The number of hydrogen-bond donors (Lipinski definition) is 0. The number of aryl methyl sites for hydroxylation is 1. The summed E-state index contributed by atoms with van der Waals surface area (Å²) in [7, 11) is 1.89. The van der Waals surface area contributed by atoms with Crippen LogP contribution in [0.15, 0.2) is 18.5 Å². The van der Waals surface area contributed by atoms with Crippen LogP contribution < -0.4 is 0 Å². The van der Waals surface area contributed by atoms with Crippen LogP contribution in [-0.4, -0.2) is 47.6 Å². The molecular weight excluding hydrogens is 218 g/mol. The highest BCUT2D eigenvalue weighted by Gasteiger charge is 2.22. The first-order valence-electron chi connectivity index (χ1n) is 5.58. The molecule has 0 saturated carbocycles. The smallest absolute Gasteiger partial charge is 0.178 e. The Kier molecular flexibility index (Phi) is 3.57. The lowest BCUT2D eigenvalue weighted by atomic mass is 10.2. The molecule has 0 aromatic carbocycles. The molecule has 2 heterocycles. The fourth-order valence-corrected chi connectivity index (χ4v) is 1.89. The second-order valence-electron chi connectivity index (χ2n) is 4.21. The monoisotopic (exact) mass is 233 g/mol. The summed E-state index contributed by atoms with van der Waals surface area (Å²) in [5.74, 6) is 0.0872. The van der Waals surface area contributed by atoms with E-state index in [4.69, 9.17) is 10.00 Å². The maximum Gasteiger partial charge on any atom is 0.178 e. The standard InChI is InChI=1S/C12H15N3O2/c1-14-3-2-10(7-14)12(16)9-15-4-5-17-11(6-13)8-15/h2-3,7,11H,4-5,8-9H2,1H3. The van der Waals surface area contributed by atoms with Gasteiger partial charge in [-0.25, -0.2) is 0 Å². The van der Waals surface area contributed by atoms with Crippen molar-refractivity contribution in [3.05, 3.63) is 24.0 Å². The van der Waals surface area contributed by atoms with Crippen molar-refractivity contribution in [1.82, 2.24) is 9.47 Å². The molecule has 1 aromatic rings. The number of nitriles is 1. The van der Waals surface area contributed by atoms with Crippen LogP contribution in [0.5, 0.6) is 0 Å². The highest BCUT2D eigenvalue weighted by Crippen LogP contribution is 2.07. The number of carbonyl (C=O) groups is 1. The quantitative estimate of drug-likeness (QED) is 0.710. The molecule has 5 nitrogen and oxygen atoms in total. The van der Waals surface area contributed by atoms with Crippen molar-refractivity contribution in [3.8, 4) is 6.07 Å². The second-order valence-corrected chi connectivity index (χ2v) is 4.21. The zero-order valence-corrected chi connectivity index (χ0v) is 9.80. The van der Waals surface area contributed by atoms with E-state index in [1.807, 2.05) is 35.0 Å². The molecule has 1 aliphatic heterocycles. The van der Waals surface area contributed by atoms with Gasteiger partial charge in [-0.15, -0.1) is 0 Å². The van der Waals surface area contributed by atoms with E-state index < -0.39 is 6.10 Å². The summed E-state index contributed by atoms with van der Waals surface area (Å²) in [6, 6.07) is 3.88. The number of carbonyl (C=O) groups excluding carboxylic acids is 1. The highest BCUT2D eigenvalue weighted by atomic mass is 16.5. The summed E-state index contributed by atoms with van der Waals surface area (Å²) in [5, 5.41) is 8.77. The molecule has 0 amide bonds. The van der Waals surface area contributed by atoms with Gasteiger partial charge in [-0.1, -0.05) is 0 Å². The van der Waals surface area contributed by atoms with Crippen LogP contribution in [0.3, 0.4) is 0 Å². The van der Waals surface area contributed by atoms with Crippen LogP contribution in [0.1, 0.15) is 10.4 Å². The fraction of sp³-hybridized carbons (Fsp3) is 0.500. The first kappa shape index (κ1) is 11.8. The van der Waals surface area contributed by atoms with Crippen molar-refractivity contribution in [3.63, 3.8) is 0 Å². The van der Waals surface area contributed by atoms with Crippen molar-refractivity contribution < 1.29 is 9.53 Å². The average molecular weight is 233 g/mol. The van der Waals surface area contributed by atoms with Gasteiger partial charge < -0.3 is 9.30 Å². The number of hydrogen-bond acceptors (Lipinski definition) is 4. The predicted octanol–water partition coefficient (Wildman–Crippen LogP) is 0.432. The van der Waals surface area contributed by atoms with Gasteiger partial charge in [0, 0.05) is 38.1 Å². The molecule has 90 valence electrons. The van der Waals surface area contributed by atoms with Gasteiger partial charge in [0.2, 0.25) is 0 Å². The zero-order valence-electron chi connectivity index (χ0n) is 9.80. The Morgan fingerprint density at radius 1 is 1.71 bits per heavy atom. The fourth-order valence-electron chi connectivity index (χ4n) is 1.89. The first-order chi connectivity index (χ1) is 8.19. The molecule has 2 rings (SSSR count). The third kappa shape index (κ3) is 2.93. The van der Waals surface area contributed by atoms with E-state index in [0.29, 0.717) is 31.8 Å². The molecule has 1 fully saturated rings. The minimum atomic E-state index is -0.410. The van der Waals surface area contributed by atoms with Crippen LogP contribution in [0.4, 0.5) is 0 Å². The Morgan fingerprint density at radius 3 is 3.18 bits per heavy atom. The summed E-state index contributed by atoms with van der Waals surface area (Å²) in [5.41, 5.74) is 0.715. The van der Waals surface area contributed by atoms with Gasteiger partial charge in [0.25, 0.3) is 0 Å². The molecule has 1 unspecified atom stereocenters. The number of Topliss-reactive ketones (excluding diaryl/α,β-unsaturated/α-hetero) is 1. The molecule has 1 aromatic heterocycles. The van der Waals surface area contributed by atoms with E-state index in [1.165, 1.54) is 0 Å². The van der Waals surface area contributed by atoms with E-state index in [-0.39, 0.29) is 5.78 Å². The summed E-state index contributed by atoms with van der Waals surface area (Å²) >= 11 is 0. The Morgan fingerprint density at radius 2 is 2.53 bits per heavy atom. The predicted molar refractivity (Wildman–Crippen MR) is 61.5 cm³/mol. The number of nitrogens with zero attached hydrogens (tertiary/aromatic N) is 3. The van der Waals surface area contributed by atoms with Crippen molar-refractivity contribution in [2.45, 2.75) is 6.10 Å². The van der Waals surface area contributed by atoms with Crippen LogP contribution in [0, 0.1) is 11.3 Å². The van der Waals surface area contributed by atoms with E-state index in [0.717, 1.165) is 0 Å². The van der Waals surface area contributed by atoms with E-state index in [2.05, 4.69) is 6.07 Å². The first-order valence-corrected chi connectivity index (χ1v) is 5.58. The minimum absolute atomic E-state index is 0.0872. The minimum Gasteiger partial charge on any atom is -0.361 e. The van der Waals surface area contributed by atoms with Crippen molar-refractivity contribution in [1.29, 1.82) is 5.26 Å². The van der Waals surface area contributed by atoms with Crippen molar-refractivity contribution >= 4 is 5.78 Å². The Hall–Kier alpha value is -1.64. The largest absolute Gasteiger partial charge is 0.361 e.